The minimum atomic E-state index is -0.580. The quantitative estimate of drug-likeness (QED) is 0.658. The first-order chi connectivity index (χ1) is 9.63. The molecule has 0 radical (unpaired) electrons. The lowest BCUT2D eigenvalue weighted by Crippen LogP contribution is -2.15. The molecular weight excluding hydrogens is 258 g/mol. The number of nitrogens with zero attached hydrogens (tertiary/aromatic N) is 1. The largest absolute Gasteiger partial charge is 0.326 e. The van der Waals surface area contributed by atoms with Crippen molar-refractivity contribution in [1.29, 1.82) is 0 Å². The standard InChI is InChI=1S/C14H13N3O3/c15-9-10-5-1-3-7-12(10)16-14(18)11-6-2-4-8-13(11)17(19)20/h1-8H,9,15H2,(H,16,18). The number of anilines is 1. The van der Waals surface area contributed by atoms with Crippen LogP contribution < -0.4 is 11.1 Å². The molecule has 102 valence electrons. The highest BCUT2D eigenvalue weighted by molar-refractivity contribution is 6.07. The van der Waals surface area contributed by atoms with Crippen LogP contribution in [-0.2, 0) is 6.54 Å². The zero-order chi connectivity index (χ0) is 14.5. The summed E-state index contributed by atoms with van der Waals surface area (Å²) in [5, 5.41) is 13.6. The number of amides is 1. The first-order valence-corrected chi connectivity index (χ1v) is 5.96. The van der Waals surface area contributed by atoms with E-state index in [9.17, 15) is 14.9 Å². The Balaban J connectivity index is 2.31. The van der Waals surface area contributed by atoms with Crippen LogP contribution in [0.15, 0.2) is 48.5 Å². The van der Waals surface area contributed by atoms with Gasteiger partial charge in [0.15, 0.2) is 0 Å². The third-order valence-electron chi connectivity index (χ3n) is 2.83. The minimum absolute atomic E-state index is 0.0179. The van der Waals surface area contributed by atoms with Gasteiger partial charge < -0.3 is 11.1 Å². The molecule has 0 aliphatic carbocycles. The summed E-state index contributed by atoms with van der Waals surface area (Å²) in [5.74, 6) is -0.529. The van der Waals surface area contributed by atoms with Crippen molar-refractivity contribution in [2.45, 2.75) is 6.54 Å². The summed E-state index contributed by atoms with van der Waals surface area (Å²) in [6, 6.07) is 12.9. The Morgan fingerprint density at radius 3 is 2.50 bits per heavy atom. The highest BCUT2D eigenvalue weighted by Crippen LogP contribution is 2.21. The van der Waals surface area contributed by atoms with Gasteiger partial charge >= 0.3 is 0 Å². The number of carbonyl (C=O) groups excluding carboxylic acids is 1. The highest BCUT2D eigenvalue weighted by Gasteiger charge is 2.19. The van der Waals surface area contributed by atoms with Crippen molar-refractivity contribution >= 4 is 17.3 Å². The number of carbonyl (C=O) groups is 1. The molecule has 3 N–H and O–H groups in total. The first kappa shape index (κ1) is 13.7. The predicted octanol–water partition coefficient (Wildman–Crippen LogP) is 2.31. The number of hydrogen-bond donors (Lipinski definition) is 2. The van der Waals surface area contributed by atoms with E-state index in [4.69, 9.17) is 5.73 Å². The minimum Gasteiger partial charge on any atom is -0.326 e. The molecular formula is C14H13N3O3. The molecule has 0 unspecified atom stereocenters. The molecule has 0 bridgehead atoms. The van der Waals surface area contributed by atoms with Gasteiger partial charge in [-0.15, -0.1) is 0 Å². The van der Waals surface area contributed by atoms with Crippen LogP contribution in [0, 0.1) is 10.1 Å². The van der Waals surface area contributed by atoms with Crippen molar-refractivity contribution in [3.8, 4) is 0 Å². The van der Waals surface area contributed by atoms with Gasteiger partial charge in [-0.2, -0.15) is 0 Å². The Labute approximate surface area is 115 Å². The Morgan fingerprint density at radius 1 is 1.15 bits per heavy atom. The molecule has 2 aromatic rings. The fraction of sp³-hybridized carbons (Fsp3) is 0.0714. The average molecular weight is 271 g/mol. The lowest BCUT2D eigenvalue weighted by Gasteiger charge is -2.09. The molecule has 2 aromatic carbocycles. The Kier molecular flexibility index (Phi) is 4.07. The summed E-state index contributed by atoms with van der Waals surface area (Å²) < 4.78 is 0. The summed E-state index contributed by atoms with van der Waals surface area (Å²) in [4.78, 5) is 22.5. The third-order valence-corrected chi connectivity index (χ3v) is 2.83. The van der Waals surface area contributed by atoms with E-state index in [2.05, 4.69) is 5.32 Å². The number of nitrogens with two attached hydrogens (primary N) is 1. The molecule has 0 spiro atoms. The molecule has 2 rings (SSSR count). The SMILES string of the molecule is NCc1ccccc1NC(=O)c1ccccc1[N+](=O)[O-]. The normalized spacial score (nSPS) is 10.1. The maximum absolute atomic E-state index is 12.2. The fourth-order valence-electron chi connectivity index (χ4n) is 1.83. The fourth-order valence-corrected chi connectivity index (χ4v) is 1.83. The Bertz CT molecular complexity index is 656. The second-order valence-corrected chi connectivity index (χ2v) is 4.09. The van der Waals surface area contributed by atoms with E-state index in [1.807, 2.05) is 6.07 Å². The topological polar surface area (TPSA) is 98.3 Å². The summed E-state index contributed by atoms with van der Waals surface area (Å²) in [5.41, 5.74) is 6.69. The number of benzene rings is 2. The number of hydrogen-bond acceptors (Lipinski definition) is 4. The molecule has 0 fully saturated rings. The molecule has 0 heterocycles. The van der Waals surface area contributed by atoms with E-state index in [0.717, 1.165) is 5.56 Å². The molecule has 0 aromatic heterocycles. The van der Waals surface area contributed by atoms with Gasteiger partial charge in [0.2, 0.25) is 0 Å². The van der Waals surface area contributed by atoms with Crippen LogP contribution in [0.4, 0.5) is 11.4 Å². The molecule has 6 nitrogen and oxygen atoms in total. The molecule has 20 heavy (non-hydrogen) atoms. The van der Waals surface area contributed by atoms with Crippen LogP contribution in [0.5, 0.6) is 0 Å². The van der Waals surface area contributed by atoms with Gasteiger partial charge in [0.25, 0.3) is 11.6 Å². The van der Waals surface area contributed by atoms with Crippen molar-refractivity contribution < 1.29 is 9.72 Å². The van der Waals surface area contributed by atoms with Gasteiger partial charge in [-0.05, 0) is 17.7 Å². The summed E-state index contributed by atoms with van der Waals surface area (Å²) in [6.07, 6.45) is 0. The van der Waals surface area contributed by atoms with Gasteiger partial charge in [-0.25, -0.2) is 0 Å². The molecule has 0 saturated carbocycles. The van der Waals surface area contributed by atoms with Gasteiger partial charge in [0.1, 0.15) is 5.56 Å². The summed E-state index contributed by atoms with van der Waals surface area (Å²) in [7, 11) is 0. The van der Waals surface area contributed by atoms with Crippen molar-refractivity contribution in [3.63, 3.8) is 0 Å². The zero-order valence-corrected chi connectivity index (χ0v) is 10.6. The molecule has 0 aliphatic rings. The number of nitro groups is 1. The van der Waals surface area contributed by atoms with Crippen LogP contribution in [-0.4, -0.2) is 10.8 Å². The second kappa shape index (κ2) is 5.94. The van der Waals surface area contributed by atoms with Gasteiger partial charge in [-0.3, -0.25) is 14.9 Å². The molecule has 6 heteroatoms. The van der Waals surface area contributed by atoms with Crippen LogP contribution in [0.1, 0.15) is 15.9 Å². The van der Waals surface area contributed by atoms with Gasteiger partial charge in [-0.1, -0.05) is 30.3 Å². The van der Waals surface area contributed by atoms with E-state index < -0.39 is 10.8 Å². The molecule has 0 saturated heterocycles. The lowest BCUT2D eigenvalue weighted by atomic mass is 10.1. The summed E-state index contributed by atoms with van der Waals surface area (Å²) >= 11 is 0. The van der Waals surface area contributed by atoms with Crippen LogP contribution >= 0.6 is 0 Å². The van der Waals surface area contributed by atoms with E-state index in [1.165, 1.54) is 18.2 Å². The highest BCUT2D eigenvalue weighted by atomic mass is 16.6. The number of para-hydroxylation sites is 2. The van der Waals surface area contributed by atoms with Crippen LogP contribution in [0.25, 0.3) is 0 Å². The first-order valence-electron chi connectivity index (χ1n) is 5.96. The maximum atomic E-state index is 12.2. The smallest absolute Gasteiger partial charge is 0.282 e. The van der Waals surface area contributed by atoms with Crippen molar-refractivity contribution in [2.24, 2.45) is 5.73 Å². The molecule has 0 atom stereocenters. The van der Waals surface area contributed by atoms with E-state index >= 15 is 0 Å². The van der Waals surface area contributed by atoms with Crippen molar-refractivity contribution in [2.75, 3.05) is 5.32 Å². The predicted molar refractivity (Wildman–Crippen MR) is 75.4 cm³/mol. The average Bonchev–Trinajstić information content (AvgIpc) is 2.47. The van der Waals surface area contributed by atoms with Crippen molar-refractivity contribution in [1.82, 2.24) is 0 Å². The van der Waals surface area contributed by atoms with Crippen molar-refractivity contribution in [3.05, 3.63) is 69.8 Å². The number of rotatable bonds is 4. The lowest BCUT2D eigenvalue weighted by molar-refractivity contribution is -0.385. The number of nitrogens with one attached hydrogen (secondary N) is 1. The van der Waals surface area contributed by atoms with E-state index in [-0.39, 0.29) is 17.8 Å². The van der Waals surface area contributed by atoms with E-state index in [1.54, 1.807) is 24.3 Å². The Hall–Kier alpha value is -2.73. The number of nitro benzene ring substituents is 1. The third kappa shape index (κ3) is 2.81. The molecule has 1 amide bonds. The van der Waals surface area contributed by atoms with Crippen LogP contribution in [0.2, 0.25) is 0 Å². The van der Waals surface area contributed by atoms with Gasteiger partial charge in [0, 0.05) is 18.3 Å². The summed E-state index contributed by atoms with van der Waals surface area (Å²) in [6.45, 7) is 0.271. The maximum Gasteiger partial charge on any atom is 0.282 e. The van der Waals surface area contributed by atoms with E-state index in [0.29, 0.717) is 5.69 Å². The zero-order valence-electron chi connectivity index (χ0n) is 10.6. The molecule has 0 aliphatic heterocycles. The van der Waals surface area contributed by atoms with Gasteiger partial charge in [0.05, 0.1) is 4.92 Å². The Morgan fingerprint density at radius 2 is 1.80 bits per heavy atom. The van der Waals surface area contributed by atoms with Crippen LogP contribution in [0.3, 0.4) is 0 Å². The monoisotopic (exact) mass is 271 g/mol. The second-order valence-electron chi connectivity index (χ2n) is 4.09.